The second kappa shape index (κ2) is 7.37. The molecular weight excluding hydrogens is 379 g/mol. The summed E-state index contributed by atoms with van der Waals surface area (Å²) in [4.78, 5) is 12.7. The molecular formula is C18H16F3N3O4. The average Bonchev–Trinajstić information content (AvgIpc) is 3.19. The van der Waals surface area contributed by atoms with Crippen molar-refractivity contribution in [2.75, 3.05) is 0 Å². The molecule has 2 heterocycles. The van der Waals surface area contributed by atoms with Crippen LogP contribution in [-0.4, -0.2) is 22.6 Å². The first-order valence-corrected chi connectivity index (χ1v) is 8.20. The molecule has 0 fully saturated rings. The molecule has 0 bridgehead atoms. The van der Waals surface area contributed by atoms with Crippen molar-refractivity contribution < 1.29 is 31.7 Å². The van der Waals surface area contributed by atoms with Gasteiger partial charge in [-0.05, 0) is 38.5 Å². The number of nitrogens with zero attached hydrogens (tertiary/aromatic N) is 2. The van der Waals surface area contributed by atoms with Gasteiger partial charge < -0.3 is 19.1 Å². The molecule has 0 aliphatic rings. The Bertz CT molecular complexity index is 977. The zero-order chi connectivity index (χ0) is 20.5. The number of carbonyl (C=O) groups is 1. The number of benzene rings is 1. The van der Waals surface area contributed by atoms with Crippen LogP contribution < -0.4 is 10.1 Å². The van der Waals surface area contributed by atoms with Gasteiger partial charge in [0, 0.05) is 6.07 Å². The molecule has 3 rings (SSSR count). The predicted molar refractivity (Wildman–Crippen MR) is 90.5 cm³/mol. The van der Waals surface area contributed by atoms with Crippen molar-refractivity contribution in [3.63, 3.8) is 0 Å². The molecule has 0 aliphatic carbocycles. The molecule has 28 heavy (non-hydrogen) atoms. The summed E-state index contributed by atoms with van der Waals surface area (Å²) in [6.07, 6.45) is -4.76. The summed E-state index contributed by atoms with van der Waals surface area (Å²) in [5, 5.41) is 10.4. The van der Waals surface area contributed by atoms with Gasteiger partial charge in [0.2, 0.25) is 5.76 Å². The smallest absolute Gasteiger partial charge is 0.406 e. The first-order chi connectivity index (χ1) is 13.1. The Kier molecular flexibility index (Phi) is 5.12. The predicted octanol–water partition coefficient (Wildman–Crippen LogP) is 4.34. The van der Waals surface area contributed by atoms with Crippen LogP contribution in [0.1, 0.15) is 40.3 Å². The summed E-state index contributed by atoms with van der Waals surface area (Å²) < 4.78 is 50.8. The average molecular weight is 395 g/mol. The lowest BCUT2D eigenvalue weighted by Crippen LogP contribution is -2.27. The number of nitrogens with one attached hydrogen (secondary N) is 1. The molecule has 1 amide bonds. The molecule has 0 radical (unpaired) electrons. The molecule has 1 N–H and O–H groups in total. The number of rotatable bonds is 5. The van der Waals surface area contributed by atoms with E-state index in [1.807, 2.05) is 0 Å². The van der Waals surface area contributed by atoms with Crippen molar-refractivity contribution in [1.82, 2.24) is 15.6 Å². The Balaban J connectivity index is 1.76. The second-order valence-electron chi connectivity index (χ2n) is 6.11. The molecule has 10 heteroatoms. The van der Waals surface area contributed by atoms with Crippen LogP contribution in [0.3, 0.4) is 0 Å². The largest absolute Gasteiger partial charge is 0.573 e. The molecule has 1 atom stereocenters. The molecule has 1 aromatic carbocycles. The molecule has 3 aromatic rings. The van der Waals surface area contributed by atoms with Crippen LogP contribution in [0.2, 0.25) is 0 Å². The lowest BCUT2D eigenvalue weighted by atomic mass is 10.1. The highest BCUT2D eigenvalue weighted by Crippen LogP contribution is 2.27. The highest BCUT2D eigenvalue weighted by Gasteiger charge is 2.31. The Morgan fingerprint density at radius 1 is 1.14 bits per heavy atom. The lowest BCUT2D eigenvalue weighted by Gasteiger charge is -2.15. The second-order valence-corrected chi connectivity index (χ2v) is 6.11. The highest BCUT2D eigenvalue weighted by atomic mass is 19.4. The molecule has 0 saturated heterocycles. The summed E-state index contributed by atoms with van der Waals surface area (Å²) in [5.74, 6) is -0.0798. The fourth-order valence-corrected chi connectivity index (χ4v) is 2.60. The number of amides is 1. The van der Waals surface area contributed by atoms with Crippen LogP contribution in [-0.2, 0) is 0 Å². The number of aromatic nitrogens is 2. The topological polar surface area (TPSA) is 90.4 Å². The van der Waals surface area contributed by atoms with E-state index in [1.165, 1.54) is 24.3 Å². The van der Waals surface area contributed by atoms with Crippen LogP contribution in [0.15, 0.2) is 39.4 Å². The number of ether oxygens (including phenoxy) is 1. The van der Waals surface area contributed by atoms with Crippen LogP contribution >= 0.6 is 0 Å². The van der Waals surface area contributed by atoms with E-state index in [9.17, 15) is 18.0 Å². The quantitative estimate of drug-likeness (QED) is 0.691. The minimum atomic E-state index is -4.76. The highest BCUT2D eigenvalue weighted by molar-refractivity contribution is 6.00. The number of halogens is 3. The maximum atomic E-state index is 12.7. The zero-order valence-corrected chi connectivity index (χ0v) is 15.1. The minimum Gasteiger partial charge on any atom is -0.406 e. The van der Waals surface area contributed by atoms with Crippen LogP contribution in [0.5, 0.6) is 5.75 Å². The zero-order valence-electron chi connectivity index (χ0n) is 15.1. The molecule has 2 aromatic heterocycles. The van der Waals surface area contributed by atoms with Gasteiger partial charge in [-0.3, -0.25) is 4.79 Å². The number of hydrogen-bond donors (Lipinski definition) is 1. The van der Waals surface area contributed by atoms with E-state index >= 15 is 0 Å². The maximum Gasteiger partial charge on any atom is 0.573 e. The summed E-state index contributed by atoms with van der Waals surface area (Å²) in [7, 11) is 0. The third-order valence-electron chi connectivity index (χ3n) is 3.91. The van der Waals surface area contributed by atoms with Crippen molar-refractivity contribution in [1.29, 1.82) is 0 Å². The van der Waals surface area contributed by atoms with Gasteiger partial charge in [0.15, 0.2) is 5.69 Å². The van der Waals surface area contributed by atoms with Crippen molar-refractivity contribution in [3.05, 3.63) is 52.9 Å². The van der Waals surface area contributed by atoms with Gasteiger partial charge >= 0.3 is 6.36 Å². The summed E-state index contributed by atoms with van der Waals surface area (Å²) in [5.41, 5.74) is 1.51. The van der Waals surface area contributed by atoms with Crippen LogP contribution in [0.4, 0.5) is 13.2 Å². The molecule has 0 aliphatic heterocycles. The van der Waals surface area contributed by atoms with E-state index < -0.39 is 18.3 Å². The number of alkyl halides is 3. The standard InChI is InChI=1S/C18H16F3N3O4/c1-9-8-14(24-27-9)16-15(11(3)23-28-16)17(25)22-10(2)12-4-6-13(7-5-12)26-18(19,20)21/h4-8,10H,1-3H3,(H,22,25). The van der Waals surface area contributed by atoms with Crippen LogP contribution in [0.25, 0.3) is 11.5 Å². The van der Waals surface area contributed by atoms with Gasteiger partial charge in [0.1, 0.15) is 17.1 Å². The normalized spacial score (nSPS) is 12.6. The summed E-state index contributed by atoms with van der Waals surface area (Å²) in [6.45, 7) is 5.01. The Hall–Kier alpha value is -3.30. The van der Waals surface area contributed by atoms with E-state index in [0.717, 1.165) is 0 Å². The first-order valence-electron chi connectivity index (χ1n) is 8.20. The Morgan fingerprint density at radius 3 is 2.39 bits per heavy atom. The minimum absolute atomic E-state index is 0.174. The van der Waals surface area contributed by atoms with Crippen molar-refractivity contribution >= 4 is 5.91 Å². The molecule has 148 valence electrons. The van der Waals surface area contributed by atoms with E-state index in [-0.39, 0.29) is 17.1 Å². The molecule has 0 spiro atoms. The number of carbonyl (C=O) groups excluding carboxylic acids is 1. The fraction of sp³-hybridized carbons (Fsp3) is 0.278. The van der Waals surface area contributed by atoms with E-state index in [2.05, 4.69) is 20.4 Å². The molecule has 7 nitrogen and oxygen atoms in total. The number of aryl methyl sites for hydroxylation is 2. The van der Waals surface area contributed by atoms with E-state index in [1.54, 1.807) is 26.8 Å². The van der Waals surface area contributed by atoms with Gasteiger partial charge in [-0.25, -0.2) is 0 Å². The third-order valence-corrected chi connectivity index (χ3v) is 3.91. The van der Waals surface area contributed by atoms with E-state index in [0.29, 0.717) is 22.7 Å². The van der Waals surface area contributed by atoms with Crippen LogP contribution in [0, 0.1) is 13.8 Å². The van der Waals surface area contributed by atoms with Crippen molar-refractivity contribution in [2.24, 2.45) is 0 Å². The fourth-order valence-electron chi connectivity index (χ4n) is 2.60. The Morgan fingerprint density at radius 2 is 1.82 bits per heavy atom. The molecule has 0 saturated carbocycles. The third kappa shape index (κ3) is 4.33. The Labute approximate surface area is 157 Å². The van der Waals surface area contributed by atoms with E-state index in [4.69, 9.17) is 9.05 Å². The first kappa shape index (κ1) is 19.5. The maximum absolute atomic E-state index is 12.7. The van der Waals surface area contributed by atoms with Gasteiger partial charge in [-0.15, -0.1) is 13.2 Å². The van der Waals surface area contributed by atoms with Gasteiger partial charge in [0.05, 0.1) is 11.7 Å². The number of hydrogen-bond acceptors (Lipinski definition) is 6. The van der Waals surface area contributed by atoms with Gasteiger partial charge in [-0.2, -0.15) is 0 Å². The molecule has 1 unspecified atom stereocenters. The van der Waals surface area contributed by atoms with Crippen molar-refractivity contribution in [2.45, 2.75) is 33.2 Å². The van der Waals surface area contributed by atoms with Gasteiger partial charge in [-0.1, -0.05) is 22.4 Å². The summed E-state index contributed by atoms with van der Waals surface area (Å²) >= 11 is 0. The lowest BCUT2D eigenvalue weighted by molar-refractivity contribution is -0.274. The summed E-state index contributed by atoms with van der Waals surface area (Å²) in [6, 6.07) is 6.36. The monoisotopic (exact) mass is 395 g/mol. The van der Waals surface area contributed by atoms with Gasteiger partial charge in [0.25, 0.3) is 5.91 Å². The SMILES string of the molecule is Cc1cc(-c2onc(C)c2C(=O)NC(C)c2ccc(OC(F)(F)F)cc2)no1. The van der Waals surface area contributed by atoms with Crippen molar-refractivity contribution in [3.8, 4) is 17.2 Å².